The summed E-state index contributed by atoms with van der Waals surface area (Å²) in [4.78, 5) is 15.7. The Labute approximate surface area is 88.8 Å². The molecule has 3 rings (SSSR count). The van der Waals surface area contributed by atoms with Crippen molar-refractivity contribution in [2.24, 2.45) is 0 Å². The molecule has 0 radical (unpaired) electrons. The van der Waals surface area contributed by atoms with Crippen LogP contribution in [0.25, 0.3) is 0 Å². The zero-order valence-corrected chi connectivity index (χ0v) is 8.80. The standard InChI is InChI=1S/C9H7BrN2O2/c10-5-3-6-7(11-4-5)14-9(1-2-9)8(13)12-6/h3-4H,1-2H2,(H,12,13). The lowest BCUT2D eigenvalue weighted by Gasteiger charge is -2.24. The van der Waals surface area contributed by atoms with Crippen LogP contribution in [-0.2, 0) is 4.79 Å². The Morgan fingerprint density at radius 2 is 2.36 bits per heavy atom. The lowest BCUT2D eigenvalue weighted by molar-refractivity contribution is -0.125. The molecule has 0 atom stereocenters. The first-order valence-corrected chi connectivity index (χ1v) is 5.15. The highest BCUT2D eigenvalue weighted by atomic mass is 79.9. The van der Waals surface area contributed by atoms with Gasteiger partial charge in [0.1, 0.15) is 5.69 Å². The largest absolute Gasteiger partial charge is 0.459 e. The molecular formula is C9H7BrN2O2. The number of fused-ring (bicyclic) bond motifs is 1. The minimum atomic E-state index is -0.603. The van der Waals surface area contributed by atoms with E-state index < -0.39 is 5.60 Å². The monoisotopic (exact) mass is 254 g/mol. The van der Waals surface area contributed by atoms with Crippen molar-refractivity contribution in [2.45, 2.75) is 18.4 Å². The smallest absolute Gasteiger partial charge is 0.268 e. The fraction of sp³-hybridized carbons (Fsp3) is 0.333. The van der Waals surface area contributed by atoms with Crippen molar-refractivity contribution in [3.63, 3.8) is 0 Å². The molecule has 2 aliphatic rings. The predicted molar refractivity (Wildman–Crippen MR) is 53.2 cm³/mol. The van der Waals surface area contributed by atoms with Crippen LogP contribution in [0, 0.1) is 0 Å². The Balaban J connectivity index is 2.06. The highest BCUT2D eigenvalue weighted by Gasteiger charge is 2.55. The molecule has 72 valence electrons. The van der Waals surface area contributed by atoms with Gasteiger partial charge in [0.25, 0.3) is 5.91 Å². The maximum atomic E-state index is 11.6. The van der Waals surface area contributed by atoms with Crippen LogP contribution in [0.3, 0.4) is 0 Å². The Morgan fingerprint density at radius 1 is 1.57 bits per heavy atom. The van der Waals surface area contributed by atoms with Crippen molar-refractivity contribution >= 4 is 27.5 Å². The van der Waals surface area contributed by atoms with Crippen LogP contribution >= 0.6 is 15.9 Å². The molecular weight excluding hydrogens is 248 g/mol. The van der Waals surface area contributed by atoms with Gasteiger partial charge in [0, 0.05) is 23.5 Å². The average Bonchev–Trinajstić information content (AvgIpc) is 2.89. The molecule has 1 aliphatic heterocycles. The number of anilines is 1. The van der Waals surface area contributed by atoms with Gasteiger partial charge in [-0.15, -0.1) is 0 Å². The Kier molecular flexibility index (Phi) is 1.45. The SMILES string of the molecule is O=C1Nc2cc(Br)cnc2OC12CC2. The summed E-state index contributed by atoms with van der Waals surface area (Å²) in [6, 6.07) is 1.79. The molecule has 1 saturated carbocycles. The summed E-state index contributed by atoms with van der Waals surface area (Å²) >= 11 is 3.29. The normalized spacial score (nSPS) is 21.1. The van der Waals surface area contributed by atoms with Gasteiger partial charge in [0.15, 0.2) is 5.60 Å². The number of halogens is 1. The van der Waals surface area contributed by atoms with Crippen LogP contribution in [0.1, 0.15) is 12.8 Å². The van der Waals surface area contributed by atoms with Gasteiger partial charge in [0.2, 0.25) is 5.88 Å². The third kappa shape index (κ3) is 1.05. The van der Waals surface area contributed by atoms with E-state index in [1.807, 2.05) is 0 Å². The number of hydrogen-bond donors (Lipinski definition) is 1. The Morgan fingerprint density at radius 3 is 3.07 bits per heavy atom. The summed E-state index contributed by atoms with van der Waals surface area (Å²) < 4.78 is 6.38. The molecule has 1 spiro atoms. The number of carbonyl (C=O) groups excluding carboxylic acids is 1. The van der Waals surface area contributed by atoms with Crippen molar-refractivity contribution < 1.29 is 9.53 Å². The maximum Gasteiger partial charge on any atom is 0.268 e. The first-order chi connectivity index (χ1) is 6.70. The van der Waals surface area contributed by atoms with Gasteiger partial charge in [-0.25, -0.2) is 4.98 Å². The van der Waals surface area contributed by atoms with Gasteiger partial charge >= 0.3 is 0 Å². The molecule has 5 heteroatoms. The molecule has 1 aliphatic carbocycles. The third-order valence-corrected chi connectivity index (χ3v) is 2.91. The number of amides is 1. The van der Waals surface area contributed by atoms with E-state index in [0.29, 0.717) is 11.6 Å². The molecule has 0 aromatic carbocycles. The molecule has 1 aromatic rings. The summed E-state index contributed by atoms with van der Waals surface area (Å²) in [5, 5.41) is 2.80. The van der Waals surface area contributed by atoms with Crippen molar-refractivity contribution in [3.05, 3.63) is 16.7 Å². The number of hydrogen-bond acceptors (Lipinski definition) is 3. The lowest BCUT2D eigenvalue weighted by Crippen LogP contribution is -2.39. The molecule has 4 nitrogen and oxygen atoms in total. The molecule has 14 heavy (non-hydrogen) atoms. The van der Waals surface area contributed by atoms with Gasteiger partial charge in [0.05, 0.1) is 0 Å². The van der Waals surface area contributed by atoms with E-state index in [9.17, 15) is 4.79 Å². The van der Waals surface area contributed by atoms with Crippen LogP contribution in [0.2, 0.25) is 0 Å². The van der Waals surface area contributed by atoms with Gasteiger partial charge in [-0.05, 0) is 22.0 Å². The number of carbonyl (C=O) groups is 1. The Hall–Kier alpha value is -1.10. The number of pyridine rings is 1. The van der Waals surface area contributed by atoms with E-state index in [1.54, 1.807) is 12.3 Å². The number of ether oxygens (including phenoxy) is 1. The fourth-order valence-corrected chi connectivity index (χ4v) is 1.84. The van der Waals surface area contributed by atoms with Crippen molar-refractivity contribution in [1.29, 1.82) is 0 Å². The van der Waals surface area contributed by atoms with Gasteiger partial charge in [-0.2, -0.15) is 0 Å². The van der Waals surface area contributed by atoms with Gasteiger partial charge in [-0.1, -0.05) is 0 Å². The van der Waals surface area contributed by atoms with E-state index in [4.69, 9.17) is 4.74 Å². The minimum absolute atomic E-state index is 0.0510. The van der Waals surface area contributed by atoms with Crippen molar-refractivity contribution in [2.75, 3.05) is 5.32 Å². The van der Waals surface area contributed by atoms with Crippen LogP contribution in [0.15, 0.2) is 16.7 Å². The van der Waals surface area contributed by atoms with E-state index in [0.717, 1.165) is 17.3 Å². The van der Waals surface area contributed by atoms with Crippen LogP contribution in [0.5, 0.6) is 5.88 Å². The summed E-state index contributed by atoms with van der Waals surface area (Å²) in [7, 11) is 0. The number of aromatic nitrogens is 1. The predicted octanol–water partition coefficient (Wildman–Crippen LogP) is 1.71. The van der Waals surface area contributed by atoms with Crippen LogP contribution in [-0.4, -0.2) is 16.5 Å². The fourth-order valence-electron chi connectivity index (χ4n) is 1.51. The second-order valence-electron chi connectivity index (χ2n) is 3.56. The summed E-state index contributed by atoms with van der Waals surface area (Å²) in [5.74, 6) is 0.468. The maximum absolute atomic E-state index is 11.6. The lowest BCUT2D eigenvalue weighted by atomic mass is 10.2. The minimum Gasteiger partial charge on any atom is -0.459 e. The second kappa shape index (κ2) is 2.48. The number of rotatable bonds is 0. The second-order valence-corrected chi connectivity index (χ2v) is 4.47. The molecule has 1 amide bonds. The van der Waals surface area contributed by atoms with E-state index in [1.165, 1.54) is 0 Å². The van der Waals surface area contributed by atoms with Crippen LogP contribution in [0.4, 0.5) is 5.69 Å². The van der Waals surface area contributed by atoms with Gasteiger partial charge in [-0.3, -0.25) is 4.79 Å². The molecule has 1 fully saturated rings. The molecule has 1 aromatic heterocycles. The van der Waals surface area contributed by atoms with E-state index in [2.05, 4.69) is 26.2 Å². The zero-order chi connectivity index (χ0) is 9.76. The topological polar surface area (TPSA) is 51.2 Å². The third-order valence-electron chi connectivity index (χ3n) is 2.48. The molecule has 1 N–H and O–H groups in total. The van der Waals surface area contributed by atoms with E-state index >= 15 is 0 Å². The molecule has 0 bridgehead atoms. The van der Waals surface area contributed by atoms with Gasteiger partial charge < -0.3 is 10.1 Å². The molecule has 0 unspecified atom stereocenters. The summed E-state index contributed by atoms with van der Waals surface area (Å²) in [6.45, 7) is 0. The highest BCUT2D eigenvalue weighted by Crippen LogP contribution is 2.46. The highest BCUT2D eigenvalue weighted by molar-refractivity contribution is 9.10. The molecule has 0 saturated heterocycles. The van der Waals surface area contributed by atoms with E-state index in [-0.39, 0.29) is 5.91 Å². The zero-order valence-electron chi connectivity index (χ0n) is 7.21. The average molecular weight is 255 g/mol. The van der Waals surface area contributed by atoms with Crippen molar-refractivity contribution in [1.82, 2.24) is 4.98 Å². The molecule has 2 heterocycles. The van der Waals surface area contributed by atoms with Crippen LogP contribution < -0.4 is 10.1 Å². The van der Waals surface area contributed by atoms with Crippen molar-refractivity contribution in [3.8, 4) is 5.88 Å². The summed E-state index contributed by atoms with van der Waals surface area (Å²) in [5.41, 5.74) is 0.0373. The first kappa shape index (κ1) is 8.23. The summed E-state index contributed by atoms with van der Waals surface area (Å²) in [6.07, 6.45) is 3.23. The first-order valence-electron chi connectivity index (χ1n) is 4.36. The number of nitrogens with one attached hydrogen (secondary N) is 1. The quantitative estimate of drug-likeness (QED) is 0.767. The Bertz CT molecular complexity index is 429. The number of nitrogens with zero attached hydrogens (tertiary/aromatic N) is 1.